The molecule has 0 unspecified atom stereocenters. The topological polar surface area (TPSA) is 77.6 Å². The Balaban J connectivity index is 1.27. The number of anilines is 1. The molecule has 36 heavy (non-hydrogen) atoms. The number of rotatable bonds is 7. The molecule has 1 fully saturated rings. The second kappa shape index (κ2) is 9.00. The average molecular weight is 485 g/mol. The maximum Gasteiger partial charge on any atom is 0.259 e. The third-order valence-corrected chi connectivity index (χ3v) is 7.22. The fraction of sp³-hybridized carbons (Fsp3) is 0.357. The highest BCUT2D eigenvalue weighted by molar-refractivity contribution is 6.04. The van der Waals surface area contributed by atoms with E-state index in [9.17, 15) is 9.18 Å². The monoisotopic (exact) mass is 484 g/mol. The van der Waals surface area contributed by atoms with Crippen LogP contribution in [0.25, 0.3) is 17.2 Å². The van der Waals surface area contributed by atoms with Crippen LogP contribution in [0.15, 0.2) is 49.1 Å². The van der Waals surface area contributed by atoms with Crippen LogP contribution in [-0.4, -0.2) is 30.0 Å². The first-order chi connectivity index (χ1) is 17.5. The minimum Gasteiger partial charge on any atom is -0.324 e. The summed E-state index contributed by atoms with van der Waals surface area (Å²) in [6.07, 6.45) is 12.3. The molecule has 184 valence electrons. The highest BCUT2D eigenvalue weighted by atomic mass is 19.1. The number of nitrogens with one attached hydrogen (secondary N) is 1. The summed E-state index contributed by atoms with van der Waals surface area (Å²) < 4.78 is 19.0. The summed E-state index contributed by atoms with van der Waals surface area (Å²) in [5, 5.41) is 2.79. The summed E-state index contributed by atoms with van der Waals surface area (Å²) in [5.41, 5.74) is 4.39. The standard InChI is InChI=1S/C28H29FN6O/c1-3-5-19-10-11-20-14-30-27(35(19)20)23-6-4-7-26(32-23)33-28(36)21-13-25(17(2)12-22(21)29)34-15-24(31-16-34)18-8-9-18/h4,6-7,12-16,18-19H,3,5,8-11H2,1-2H3,(H,32,33,36)/t19-/m1/s1. The van der Waals surface area contributed by atoms with Gasteiger partial charge in [0.05, 0.1) is 23.3 Å². The molecule has 1 amide bonds. The van der Waals surface area contributed by atoms with Crippen molar-refractivity contribution < 1.29 is 9.18 Å². The van der Waals surface area contributed by atoms with E-state index in [1.165, 1.54) is 11.8 Å². The summed E-state index contributed by atoms with van der Waals surface area (Å²) in [4.78, 5) is 26.9. The Kier molecular flexibility index (Phi) is 5.66. The number of nitrogens with zero attached hydrogens (tertiary/aromatic N) is 5. The molecule has 1 N–H and O–H groups in total. The molecule has 1 aromatic carbocycles. The number of fused-ring (bicyclic) bond motifs is 1. The molecule has 7 nitrogen and oxygen atoms in total. The molecule has 0 bridgehead atoms. The first-order valence-electron chi connectivity index (χ1n) is 12.7. The Morgan fingerprint density at radius 1 is 1.19 bits per heavy atom. The summed E-state index contributed by atoms with van der Waals surface area (Å²) in [6.45, 7) is 4.02. The number of imidazole rings is 2. The number of halogens is 1. The lowest BCUT2D eigenvalue weighted by atomic mass is 10.1. The van der Waals surface area contributed by atoms with Gasteiger partial charge in [-0.1, -0.05) is 19.4 Å². The first kappa shape index (κ1) is 22.6. The van der Waals surface area contributed by atoms with Gasteiger partial charge in [-0.2, -0.15) is 0 Å². The Morgan fingerprint density at radius 3 is 2.86 bits per heavy atom. The van der Waals surface area contributed by atoms with Crippen molar-refractivity contribution in [2.75, 3.05) is 5.32 Å². The molecule has 3 aromatic heterocycles. The Labute approximate surface area is 209 Å². The normalized spacial score (nSPS) is 16.8. The van der Waals surface area contributed by atoms with Crippen LogP contribution >= 0.6 is 0 Å². The maximum atomic E-state index is 14.9. The first-order valence-corrected chi connectivity index (χ1v) is 12.7. The lowest BCUT2D eigenvalue weighted by Gasteiger charge is -2.15. The zero-order chi connectivity index (χ0) is 24.8. The third-order valence-electron chi connectivity index (χ3n) is 7.22. The quantitative estimate of drug-likeness (QED) is 0.349. The van der Waals surface area contributed by atoms with E-state index >= 15 is 0 Å². The number of hydrogen-bond acceptors (Lipinski definition) is 4. The van der Waals surface area contributed by atoms with Crippen molar-refractivity contribution in [1.29, 1.82) is 0 Å². The molecular formula is C28H29FN6O. The van der Waals surface area contributed by atoms with Crippen LogP contribution in [0, 0.1) is 12.7 Å². The molecule has 1 aliphatic carbocycles. The number of amides is 1. The Morgan fingerprint density at radius 2 is 2.06 bits per heavy atom. The Bertz CT molecular complexity index is 1450. The zero-order valence-corrected chi connectivity index (χ0v) is 20.5. The van der Waals surface area contributed by atoms with Gasteiger partial charge in [-0.3, -0.25) is 4.79 Å². The number of pyridine rings is 1. The van der Waals surface area contributed by atoms with Crippen molar-refractivity contribution in [3.8, 4) is 17.2 Å². The summed E-state index contributed by atoms with van der Waals surface area (Å²) >= 11 is 0. The second-order valence-corrected chi connectivity index (χ2v) is 9.89. The van der Waals surface area contributed by atoms with E-state index < -0.39 is 11.7 Å². The Hall–Kier alpha value is -3.81. The van der Waals surface area contributed by atoms with Crippen molar-refractivity contribution in [1.82, 2.24) is 24.1 Å². The molecule has 0 radical (unpaired) electrons. The molecule has 8 heteroatoms. The number of aryl methyl sites for hydroxylation is 2. The average Bonchev–Trinajstić information content (AvgIpc) is 3.25. The number of hydrogen-bond donors (Lipinski definition) is 1. The SMILES string of the molecule is CCC[C@@H]1CCc2cnc(-c3cccc(NC(=O)c4cc(-n5cnc(C6CC6)c5)c(C)cc4F)n3)n21. The number of aromatic nitrogens is 5. The number of benzene rings is 1. The molecule has 0 saturated heterocycles. The third kappa shape index (κ3) is 4.10. The molecule has 1 saturated carbocycles. The largest absolute Gasteiger partial charge is 0.324 e. The van der Waals surface area contributed by atoms with Gasteiger partial charge in [0.15, 0.2) is 5.82 Å². The zero-order valence-electron chi connectivity index (χ0n) is 20.5. The predicted molar refractivity (Wildman–Crippen MR) is 136 cm³/mol. The van der Waals surface area contributed by atoms with E-state index in [4.69, 9.17) is 0 Å². The van der Waals surface area contributed by atoms with E-state index in [1.54, 1.807) is 18.5 Å². The van der Waals surface area contributed by atoms with Crippen molar-refractivity contribution in [3.05, 3.63) is 77.4 Å². The molecule has 0 spiro atoms. The molecule has 6 rings (SSSR count). The minimum atomic E-state index is -0.569. The van der Waals surface area contributed by atoms with Crippen LogP contribution in [0.5, 0.6) is 0 Å². The van der Waals surface area contributed by atoms with Gasteiger partial charge in [-0.05, 0) is 68.9 Å². The van der Waals surface area contributed by atoms with Crippen LogP contribution in [0.1, 0.15) is 78.3 Å². The molecule has 4 heterocycles. The van der Waals surface area contributed by atoms with Crippen LogP contribution in [-0.2, 0) is 6.42 Å². The van der Waals surface area contributed by atoms with Crippen molar-refractivity contribution in [3.63, 3.8) is 0 Å². The minimum absolute atomic E-state index is 0.0332. The van der Waals surface area contributed by atoms with Gasteiger partial charge in [-0.15, -0.1) is 0 Å². The lowest BCUT2D eigenvalue weighted by molar-refractivity contribution is 0.102. The summed E-state index contributed by atoms with van der Waals surface area (Å²) in [6, 6.07) is 8.85. The molecule has 1 atom stereocenters. The van der Waals surface area contributed by atoms with E-state index in [1.807, 2.05) is 36.0 Å². The van der Waals surface area contributed by atoms with E-state index in [-0.39, 0.29) is 5.56 Å². The second-order valence-electron chi connectivity index (χ2n) is 9.89. The number of carbonyl (C=O) groups is 1. The van der Waals surface area contributed by atoms with Crippen LogP contribution < -0.4 is 5.32 Å². The molecular weight excluding hydrogens is 455 g/mol. The van der Waals surface area contributed by atoms with Crippen molar-refractivity contribution in [2.45, 2.75) is 64.3 Å². The molecule has 4 aromatic rings. The lowest BCUT2D eigenvalue weighted by Crippen LogP contribution is -2.16. The van der Waals surface area contributed by atoms with Gasteiger partial charge >= 0.3 is 0 Å². The summed E-state index contributed by atoms with van der Waals surface area (Å²) in [5.74, 6) is 0.577. The van der Waals surface area contributed by atoms with E-state index in [0.717, 1.165) is 61.3 Å². The highest BCUT2D eigenvalue weighted by Crippen LogP contribution is 2.39. The molecule has 2 aliphatic rings. The van der Waals surface area contributed by atoms with E-state index in [0.29, 0.717) is 23.5 Å². The fourth-order valence-corrected chi connectivity index (χ4v) is 5.21. The maximum absolute atomic E-state index is 14.9. The van der Waals surface area contributed by atoms with Gasteiger partial charge < -0.3 is 14.5 Å². The van der Waals surface area contributed by atoms with Crippen LogP contribution in [0.4, 0.5) is 10.2 Å². The number of carbonyl (C=O) groups excluding carboxylic acids is 1. The van der Waals surface area contributed by atoms with Gasteiger partial charge in [0, 0.05) is 30.0 Å². The fourth-order valence-electron chi connectivity index (χ4n) is 5.21. The van der Waals surface area contributed by atoms with Crippen molar-refractivity contribution >= 4 is 11.7 Å². The van der Waals surface area contributed by atoms with Gasteiger partial charge in [0.1, 0.15) is 17.3 Å². The molecule has 1 aliphatic heterocycles. The highest BCUT2D eigenvalue weighted by Gasteiger charge is 2.27. The smallest absolute Gasteiger partial charge is 0.259 e. The van der Waals surface area contributed by atoms with Gasteiger partial charge in [0.2, 0.25) is 0 Å². The van der Waals surface area contributed by atoms with E-state index in [2.05, 4.69) is 31.8 Å². The van der Waals surface area contributed by atoms with Crippen molar-refractivity contribution in [2.24, 2.45) is 0 Å². The van der Waals surface area contributed by atoms with Gasteiger partial charge in [-0.25, -0.2) is 19.3 Å². The predicted octanol–water partition coefficient (Wildman–Crippen LogP) is 6.00. The van der Waals surface area contributed by atoms with Crippen LogP contribution in [0.2, 0.25) is 0 Å². The summed E-state index contributed by atoms with van der Waals surface area (Å²) in [7, 11) is 0. The van der Waals surface area contributed by atoms with Gasteiger partial charge in [0.25, 0.3) is 5.91 Å². The van der Waals surface area contributed by atoms with Crippen LogP contribution in [0.3, 0.4) is 0 Å².